The zero-order valence-electron chi connectivity index (χ0n) is 25.4. The number of carbonyl (C=O) groups is 2. The molecule has 0 aliphatic carbocycles. The van der Waals surface area contributed by atoms with Crippen LogP contribution in [-0.2, 0) is 29.1 Å². The van der Waals surface area contributed by atoms with Crippen LogP contribution in [0.1, 0.15) is 41.5 Å². The van der Waals surface area contributed by atoms with Gasteiger partial charge < -0.3 is 14.7 Å². The molecule has 3 heterocycles. The van der Waals surface area contributed by atoms with Crippen molar-refractivity contribution in [3.63, 3.8) is 0 Å². The number of aryl methyl sites for hydroxylation is 1. The predicted octanol–water partition coefficient (Wildman–Crippen LogP) is 5.09. The summed E-state index contributed by atoms with van der Waals surface area (Å²) in [5.41, 5.74) is 8.29. The monoisotopic (exact) mass is 605 g/mol. The summed E-state index contributed by atoms with van der Waals surface area (Å²) in [6.07, 6.45) is 6.77. The van der Waals surface area contributed by atoms with E-state index >= 15 is 0 Å². The Hall–Kier alpha value is -5.32. The van der Waals surface area contributed by atoms with E-state index in [9.17, 15) is 9.59 Å². The fraction of sp³-hybridized carbons (Fsp3) is 0.294. The van der Waals surface area contributed by atoms with Crippen LogP contribution in [-0.4, -0.2) is 60.1 Å². The van der Waals surface area contributed by atoms with E-state index in [-0.39, 0.29) is 12.5 Å². The first kappa shape index (κ1) is 29.7. The lowest BCUT2D eigenvalue weighted by molar-refractivity contribution is -0.138. The van der Waals surface area contributed by atoms with E-state index in [1.807, 2.05) is 70.5 Å². The molecule has 1 aliphatic heterocycles. The number of hydrogen-bond acceptors (Lipinski definition) is 7. The molecule has 1 aliphatic rings. The number of carboxylic acid groups (broad SMARTS) is 1. The third kappa shape index (κ3) is 6.77. The quantitative estimate of drug-likeness (QED) is 0.206. The van der Waals surface area contributed by atoms with Gasteiger partial charge in [0.05, 0.1) is 19.3 Å². The normalized spacial score (nSPS) is 12.6. The highest BCUT2D eigenvalue weighted by Crippen LogP contribution is 2.36. The van der Waals surface area contributed by atoms with Crippen molar-refractivity contribution in [1.29, 1.82) is 0 Å². The zero-order valence-corrected chi connectivity index (χ0v) is 25.4. The first-order valence-corrected chi connectivity index (χ1v) is 15.1. The van der Waals surface area contributed by atoms with Gasteiger partial charge in [-0.25, -0.2) is 0 Å². The molecule has 2 aromatic heterocycles. The Morgan fingerprint density at radius 3 is 2.73 bits per heavy atom. The molecule has 230 valence electrons. The molecule has 3 aromatic carbocycles. The van der Waals surface area contributed by atoms with Gasteiger partial charge in [-0.3, -0.25) is 14.3 Å². The van der Waals surface area contributed by atoms with Gasteiger partial charge in [0.2, 0.25) is 11.7 Å². The number of benzene rings is 3. The fourth-order valence-corrected chi connectivity index (χ4v) is 5.71. The van der Waals surface area contributed by atoms with Gasteiger partial charge in [-0.15, -0.1) is 10.2 Å². The highest BCUT2D eigenvalue weighted by Gasteiger charge is 2.25. The van der Waals surface area contributed by atoms with Crippen molar-refractivity contribution in [2.45, 2.75) is 52.6 Å². The van der Waals surface area contributed by atoms with Crippen LogP contribution in [0.5, 0.6) is 5.75 Å². The molecule has 0 saturated heterocycles. The summed E-state index contributed by atoms with van der Waals surface area (Å²) in [7, 11) is 0. The van der Waals surface area contributed by atoms with E-state index in [0.717, 1.165) is 56.9 Å². The SMILES string of the molecule is Cc1cccc(OCCCC(=O)N2CCCc3c(-c4cnn(Cc5cccc(-c6nnn(CC(=O)O)n6)c5)c4)cccc32)c1C. The van der Waals surface area contributed by atoms with Crippen LogP contribution in [0.25, 0.3) is 22.5 Å². The average Bonchev–Trinajstić information content (AvgIpc) is 3.70. The maximum Gasteiger partial charge on any atom is 0.327 e. The molecule has 6 rings (SSSR count). The van der Waals surface area contributed by atoms with Crippen molar-refractivity contribution >= 4 is 17.6 Å². The smallest absolute Gasteiger partial charge is 0.327 e. The molecule has 1 amide bonds. The first-order valence-electron chi connectivity index (χ1n) is 15.1. The Balaban J connectivity index is 1.12. The second-order valence-corrected chi connectivity index (χ2v) is 11.3. The molecule has 0 unspecified atom stereocenters. The van der Waals surface area contributed by atoms with Crippen molar-refractivity contribution < 1.29 is 19.4 Å². The van der Waals surface area contributed by atoms with E-state index in [0.29, 0.717) is 38.4 Å². The Bertz CT molecular complexity index is 1840. The molecular weight excluding hydrogens is 570 g/mol. The van der Waals surface area contributed by atoms with Crippen LogP contribution in [0.2, 0.25) is 0 Å². The number of nitrogens with zero attached hydrogens (tertiary/aromatic N) is 7. The molecule has 45 heavy (non-hydrogen) atoms. The van der Waals surface area contributed by atoms with E-state index in [4.69, 9.17) is 9.84 Å². The summed E-state index contributed by atoms with van der Waals surface area (Å²) < 4.78 is 7.86. The number of carbonyl (C=O) groups excluding carboxylic acids is 1. The number of amides is 1. The summed E-state index contributed by atoms with van der Waals surface area (Å²) >= 11 is 0. The van der Waals surface area contributed by atoms with Crippen LogP contribution in [0.3, 0.4) is 0 Å². The molecule has 0 saturated carbocycles. The van der Waals surface area contributed by atoms with Crippen molar-refractivity contribution in [2.24, 2.45) is 0 Å². The Labute approximate surface area is 261 Å². The standard InChI is InChI=1S/C34H35N7O4/c1-23-8-3-14-31(24(23)2)45-17-7-15-32(42)40-16-6-12-29-28(11-5-13-30(29)40)27-19-35-39(21-27)20-25-9-4-10-26(18-25)34-36-38-41(37-34)22-33(43)44/h3-5,8-11,13-14,18-19,21H,6-7,12,15-17,20,22H2,1-2H3,(H,43,44). The van der Waals surface area contributed by atoms with Gasteiger partial charge in [-0.1, -0.05) is 42.5 Å². The van der Waals surface area contributed by atoms with Gasteiger partial charge in [0, 0.05) is 36.0 Å². The molecule has 11 nitrogen and oxygen atoms in total. The predicted molar refractivity (Wildman–Crippen MR) is 169 cm³/mol. The summed E-state index contributed by atoms with van der Waals surface area (Å²) in [5.74, 6) is 0.326. The minimum absolute atomic E-state index is 0.116. The summed E-state index contributed by atoms with van der Waals surface area (Å²) in [6, 6.07) is 19.9. The van der Waals surface area contributed by atoms with Gasteiger partial charge in [0.25, 0.3) is 0 Å². The van der Waals surface area contributed by atoms with Gasteiger partial charge in [0.1, 0.15) is 5.75 Å². The molecule has 1 N–H and O–H groups in total. The third-order valence-electron chi connectivity index (χ3n) is 8.10. The molecule has 0 spiro atoms. The Morgan fingerprint density at radius 1 is 1.02 bits per heavy atom. The number of hydrogen-bond donors (Lipinski definition) is 1. The summed E-state index contributed by atoms with van der Waals surface area (Å²) in [5, 5.41) is 25.6. The zero-order chi connectivity index (χ0) is 31.3. The second kappa shape index (κ2) is 13.1. The molecule has 0 atom stereocenters. The van der Waals surface area contributed by atoms with Crippen LogP contribution in [0.4, 0.5) is 5.69 Å². The van der Waals surface area contributed by atoms with Crippen LogP contribution in [0, 0.1) is 13.8 Å². The van der Waals surface area contributed by atoms with E-state index in [1.165, 1.54) is 11.1 Å². The number of ether oxygens (including phenoxy) is 1. The highest BCUT2D eigenvalue weighted by atomic mass is 16.5. The number of fused-ring (bicyclic) bond motifs is 1. The van der Waals surface area contributed by atoms with Crippen LogP contribution in [0.15, 0.2) is 73.1 Å². The van der Waals surface area contributed by atoms with Gasteiger partial charge >= 0.3 is 5.97 Å². The largest absolute Gasteiger partial charge is 0.493 e. The minimum Gasteiger partial charge on any atom is -0.493 e. The Morgan fingerprint density at radius 2 is 1.87 bits per heavy atom. The van der Waals surface area contributed by atoms with E-state index in [2.05, 4.69) is 46.5 Å². The molecule has 5 aromatic rings. The van der Waals surface area contributed by atoms with Crippen molar-refractivity contribution in [2.75, 3.05) is 18.1 Å². The number of aromatic nitrogens is 6. The molecule has 11 heteroatoms. The van der Waals surface area contributed by atoms with Crippen LogP contribution < -0.4 is 9.64 Å². The van der Waals surface area contributed by atoms with Crippen molar-refractivity contribution in [3.05, 3.63) is 95.3 Å². The van der Waals surface area contributed by atoms with Gasteiger partial charge in [-0.2, -0.15) is 9.90 Å². The lowest BCUT2D eigenvalue weighted by atomic mass is 9.93. The average molecular weight is 606 g/mol. The number of carboxylic acids is 1. The summed E-state index contributed by atoms with van der Waals surface area (Å²) in [6.45, 7) is 5.52. The molecule has 0 fully saturated rings. The minimum atomic E-state index is -1.03. The number of anilines is 1. The van der Waals surface area contributed by atoms with Crippen molar-refractivity contribution in [1.82, 2.24) is 30.0 Å². The topological polar surface area (TPSA) is 128 Å². The lowest BCUT2D eigenvalue weighted by Crippen LogP contribution is -2.35. The lowest BCUT2D eigenvalue weighted by Gasteiger charge is -2.31. The van der Waals surface area contributed by atoms with Crippen molar-refractivity contribution in [3.8, 4) is 28.3 Å². The fourth-order valence-electron chi connectivity index (χ4n) is 5.71. The third-order valence-corrected chi connectivity index (χ3v) is 8.10. The van der Waals surface area contributed by atoms with E-state index < -0.39 is 5.97 Å². The first-order chi connectivity index (χ1) is 21.9. The second-order valence-electron chi connectivity index (χ2n) is 11.3. The van der Waals surface area contributed by atoms with Gasteiger partial charge in [0.15, 0.2) is 6.54 Å². The van der Waals surface area contributed by atoms with Crippen LogP contribution >= 0.6 is 0 Å². The summed E-state index contributed by atoms with van der Waals surface area (Å²) in [4.78, 5) is 27.3. The molecular formula is C34H35N7O4. The number of rotatable bonds is 11. The maximum absolute atomic E-state index is 13.3. The Kier molecular flexibility index (Phi) is 8.68. The number of tetrazole rings is 1. The van der Waals surface area contributed by atoms with E-state index in [1.54, 1.807) is 0 Å². The van der Waals surface area contributed by atoms with Gasteiger partial charge in [-0.05, 0) is 84.3 Å². The molecule has 0 bridgehead atoms. The molecule has 0 radical (unpaired) electrons. The highest BCUT2D eigenvalue weighted by molar-refractivity contribution is 5.96. The maximum atomic E-state index is 13.3. The number of aliphatic carboxylic acids is 1.